The fourth-order valence-electron chi connectivity index (χ4n) is 3.56. The van der Waals surface area contributed by atoms with Gasteiger partial charge in [0.05, 0.1) is 27.7 Å². The number of rotatable bonds is 9. The monoisotopic (exact) mass is 562 g/mol. The van der Waals surface area contributed by atoms with Crippen molar-refractivity contribution in [3.63, 3.8) is 0 Å². The number of esters is 2. The van der Waals surface area contributed by atoms with Gasteiger partial charge in [0, 0.05) is 6.42 Å². The number of hydrogen-bond acceptors (Lipinski definition) is 8. The summed E-state index contributed by atoms with van der Waals surface area (Å²) >= 11 is 12.1. The first-order valence-corrected chi connectivity index (χ1v) is 12.5. The molecular weight excluding hydrogens is 535 g/mol. The van der Waals surface area contributed by atoms with Gasteiger partial charge in [-0.1, -0.05) is 64.8 Å². The molecule has 0 spiro atoms. The van der Waals surface area contributed by atoms with E-state index in [1.807, 2.05) is 30.3 Å². The second-order valence-electron chi connectivity index (χ2n) is 9.86. The molecule has 0 radical (unpaired) electrons. The lowest BCUT2D eigenvalue weighted by Gasteiger charge is -2.26. The molecule has 0 saturated heterocycles. The van der Waals surface area contributed by atoms with Crippen LogP contribution in [0.1, 0.15) is 56.5 Å². The predicted octanol–water partition coefficient (Wildman–Crippen LogP) is 4.52. The molecule has 38 heavy (non-hydrogen) atoms. The van der Waals surface area contributed by atoms with E-state index < -0.39 is 53.9 Å². The van der Waals surface area contributed by atoms with E-state index in [1.54, 1.807) is 26.8 Å². The van der Waals surface area contributed by atoms with Gasteiger partial charge in [0.25, 0.3) is 5.91 Å². The van der Waals surface area contributed by atoms with Crippen molar-refractivity contribution in [2.45, 2.75) is 57.8 Å². The van der Waals surface area contributed by atoms with Crippen molar-refractivity contribution in [2.75, 3.05) is 6.61 Å². The molecule has 202 valence electrons. The Morgan fingerprint density at radius 1 is 1.05 bits per heavy atom. The molecule has 11 heteroatoms. The number of oxime groups is 1. The van der Waals surface area contributed by atoms with Gasteiger partial charge in [-0.15, -0.1) is 0 Å². The zero-order chi connectivity index (χ0) is 28.1. The summed E-state index contributed by atoms with van der Waals surface area (Å²) in [6.07, 6.45) is -0.356. The van der Waals surface area contributed by atoms with Crippen LogP contribution in [0.4, 0.5) is 0 Å². The highest BCUT2D eigenvalue weighted by Crippen LogP contribution is 2.28. The molecule has 0 fully saturated rings. The average molecular weight is 563 g/mol. The molecule has 0 aromatic heterocycles. The zero-order valence-corrected chi connectivity index (χ0v) is 22.9. The number of ether oxygens (including phenoxy) is 2. The maximum Gasteiger partial charge on any atom is 0.341 e. The van der Waals surface area contributed by atoms with Crippen molar-refractivity contribution < 1.29 is 33.5 Å². The van der Waals surface area contributed by atoms with Gasteiger partial charge in [0.15, 0.2) is 12.4 Å². The summed E-state index contributed by atoms with van der Waals surface area (Å²) in [6, 6.07) is 12.3. The van der Waals surface area contributed by atoms with Crippen molar-refractivity contribution in [1.29, 1.82) is 0 Å². The van der Waals surface area contributed by atoms with E-state index in [0.29, 0.717) is 5.71 Å². The van der Waals surface area contributed by atoms with Crippen LogP contribution in [-0.2, 0) is 28.7 Å². The molecule has 1 aliphatic heterocycles. The van der Waals surface area contributed by atoms with E-state index >= 15 is 0 Å². The number of benzene rings is 2. The van der Waals surface area contributed by atoms with Crippen LogP contribution in [0, 0.1) is 0 Å². The van der Waals surface area contributed by atoms with Gasteiger partial charge in [-0.05, 0) is 45.4 Å². The number of amides is 1. The SMILES string of the molecule is CC(C)(C)OC(=O)C[C@H](NC(=O)C1(C)CC(c2ccccc2)=NO1)C(=O)COC(=O)c1c(Cl)cccc1Cl. The third kappa shape index (κ3) is 7.55. The summed E-state index contributed by atoms with van der Waals surface area (Å²) in [5, 5.41) is 6.68. The summed E-state index contributed by atoms with van der Waals surface area (Å²) in [6.45, 7) is 5.79. The Labute approximate surface area is 230 Å². The summed E-state index contributed by atoms with van der Waals surface area (Å²) in [7, 11) is 0. The van der Waals surface area contributed by atoms with Gasteiger partial charge >= 0.3 is 11.9 Å². The minimum absolute atomic E-state index is 0.0501. The topological polar surface area (TPSA) is 120 Å². The lowest BCUT2D eigenvalue weighted by atomic mass is 9.94. The fourth-order valence-corrected chi connectivity index (χ4v) is 4.11. The van der Waals surface area contributed by atoms with Crippen LogP contribution in [0.3, 0.4) is 0 Å². The third-order valence-corrected chi connectivity index (χ3v) is 6.08. The standard InChI is InChI=1S/C27H28Cl2N2O7/c1-26(2,3)37-22(33)13-19(21(32)15-36-24(34)23-17(28)11-8-12-18(23)29)30-25(35)27(4)14-20(31-38-27)16-9-6-5-7-10-16/h5-12,19H,13-15H2,1-4H3,(H,30,35)/t19-,27?/m0/s1. The van der Waals surface area contributed by atoms with Crippen LogP contribution in [0.5, 0.6) is 0 Å². The summed E-state index contributed by atoms with van der Waals surface area (Å²) in [4.78, 5) is 56.8. The van der Waals surface area contributed by atoms with Gasteiger partial charge in [-0.2, -0.15) is 0 Å². The molecule has 2 atom stereocenters. The van der Waals surface area contributed by atoms with Crippen LogP contribution >= 0.6 is 23.2 Å². The number of hydrogen-bond donors (Lipinski definition) is 1. The van der Waals surface area contributed by atoms with E-state index in [1.165, 1.54) is 19.1 Å². The smallest absolute Gasteiger partial charge is 0.341 e. The van der Waals surface area contributed by atoms with E-state index in [2.05, 4.69) is 10.5 Å². The van der Waals surface area contributed by atoms with Crippen LogP contribution in [0.2, 0.25) is 10.0 Å². The largest absolute Gasteiger partial charge is 0.460 e. The number of ketones is 1. The molecule has 3 rings (SSSR count). The molecule has 0 aliphatic carbocycles. The first-order chi connectivity index (χ1) is 17.8. The average Bonchev–Trinajstić information content (AvgIpc) is 3.25. The Morgan fingerprint density at radius 3 is 2.29 bits per heavy atom. The second kappa shape index (κ2) is 12.0. The lowest BCUT2D eigenvalue weighted by Crippen LogP contribution is -2.52. The minimum Gasteiger partial charge on any atom is -0.460 e. The highest BCUT2D eigenvalue weighted by molar-refractivity contribution is 6.39. The van der Waals surface area contributed by atoms with E-state index in [-0.39, 0.29) is 22.0 Å². The van der Waals surface area contributed by atoms with Crippen LogP contribution in [-0.4, -0.2) is 53.2 Å². The van der Waals surface area contributed by atoms with Crippen molar-refractivity contribution in [2.24, 2.45) is 5.16 Å². The molecule has 0 bridgehead atoms. The van der Waals surface area contributed by atoms with Crippen molar-refractivity contribution in [1.82, 2.24) is 5.32 Å². The van der Waals surface area contributed by atoms with Crippen LogP contribution in [0.25, 0.3) is 0 Å². The number of carbonyl (C=O) groups excluding carboxylic acids is 4. The third-order valence-electron chi connectivity index (χ3n) is 5.45. The van der Waals surface area contributed by atoms with E-state index in [0.717, 1.165) is 5.56 Å². The highest BCUT2D eigenvalue weighted by Gasteiger charge is 2.44. The van der Waals surface area contributed by atoms with Crippen LogP contribution < -0.4 is 5.32 Å². The molecule has 0 saturated carbocycles. The first kappa shape index (κ1) is 29.1. The van der Waals surface area contributed by atoms with Crippen molar-refractivity contribution in [3.05, 3.63) is 69.7 Å². The Bertz CT molecular complexity index is 1240. The van der Waals surface area contributed by atoms with Crippen LogP contribution in [0.15, 0.2) is 53.7 Å². The Kier molecular flexibility index (Phi) is 9.17. The van der Waals surface area contributed by atoms with Gasteiger partial charge in [-0.25, -0.2) is 4.79 Å². The number of halogens is 2. The minimum atomic E-state index is -1.43. The maximum absolute atomic E-state index is 13.2. The molecule has 9 nitrogen and oxygen atoms in total. The number of Topliss-reactive ketones (excluding diaryl/α,β-unsaturated/α-hetero) is 1. The quantitative estimate of drug-likeness (QED) is 0.446. The Morgan fingerprint density at radius 2 is 1.68 bits per heavy atom. The molecular formula is C27H28Cl2N2O7. The Hall–Kier alpha value is -3.43. The summed E-state index contributed by atoms with van der Waals surface area (Å²) in [5.74, 6) is -3.07. The zero-order valence-electron chi connectivity index (χ0n) is 21.4. The predicted molar refractivity (Wildman–Crippen MR) is 141 cm³/mol. The summed E-state index contributed by atoms with van der Waals surface area (Å²) < 4.78 is 10.4. The van der Waals surface area contributed by atoms with Crippen molar-refractivity contribution in [3.8, 4) is 0 Å². The molecule has 1 heterocycles. The Balaban J connectivity index is 1.72. The molecule has 2 aromatic carbocycles. The number of nitrogens with zero attached hydrogens (tertiary/aromatic N) is 1. The molecule has 1 amide bonds. The second-order valence-corrected chi connectivity index (χ2v) is 10.7. The lowest BCUT2D eigenvalue weighted by molar-refractivity contribution is -0.157. The molecule has 1 N–H and O–H groups in total. The van der Waals surface area contributed by atoms with E-state index in [4.69, 9.17) is 37.5 Å². The first-order valence-electron chi connectivity index (χ1n) is 11.8. The highest BCUT2D eigenvalue weighted by atomic mass is 35.5. The van der Waals surface area contributed by atoms with Gasteiger partial charge in [0.2, 0.25) is 5.60 Å². The summed E-state index contributed by atoms with van der Waals surface area (Å²) in [5.41, 5.74) is -1.01. The molecule has 1 unspecified atom stereocenters. The van der Waals surface area contributed by atoms with E-state index in [9.17, 15) is 19.2 Å². The number of carbonyl (C=O) groups is 4. The molecule has 1 aliphatic rings. The number of nitrogens with one attached hydrogen (secondary N) is 1. The van der Waals surface area contributed by atoms with Gasteiger partial charge < -0.3 is 19.6 Å². The van der Waals surface area contributed by atoms with Gasteiger partial charge in [0.1, 0.15) is 11.6 Å². The fraction of sp³-hybridized carbons (Fsp3) is 0.370. The normalized spacial score (nSPS) is 17.6. The van der Waals surface area contributed by atoms with Crippen molar-refractivity contribution >= 4 is 52.5 Å². The maximum atomic E-state index is 13.2. The molecule has 2 aromatic rings. The van der Waals surface area contributed by atoms with Gasteiger partial charge in [-0.3, -0.25) is 14.4 Å².